The van der Waals surface area contributed by atoms with Crippen LogP contribution in [0.25, 0.3) is 0 Å². The third-order valence-corrected chi connectivity index (χ3v) is 2.59. The largest absolute Gasteiger partial charge is 0.391 e. The van der Waals surface area contributed by atoms with E-state index in [1.54, 1.807) is 0 Å². The van der Waals surface area contributed by atoms with Gasteiger partial charge in [-0.05, 0) is 20.3 Å². The second-order valence-corrected chi connectivity index (χ2v) is 3.58. The SMILES string of the molecule is C#CCN1CCC(O)C1(C)C. The van der Waals surface area contributed by atoms with Gasteiger partial charge in [-0.25, -0.2) is 0 Å². The first-order valence-electron chi connectivity index (χ1n) is 3.95. The van der Waals surface area contributed by atoms with Gasteiger partial charge in [0.2, 0.25) is 0 Å². The number of hydrogen-bond donors (Lipinski definition) is 1. The van der Waals surface area contributed by atoms with Gasteiger partial charge in [-0.2, -0.15) is 0 Å². The van der Waals surface area contributed by atoms with Crippen LogP contribution in [0.3, 0.4) is 0 Å². The van der Waals surface area contributed by atoms with E-state index < -0.39 is 0 Å². The van der Waals surface area contributed by atoms with Crippen LogP contribution in [0.5, 0.6) is 0 Å². The molecule has 0 aromatic rings. The predicted octanol–water partition coefficient (Wildman–Crippen LogP) is 0.465. The fourth-order valence-electron chi connectivity index (χ4n) is 1.52. The maximum absolute atomic E-state index is 9.54. The molecule has 0 bridgehead atoms. The minimum absolute atomic E-state index is 0.133. The smallest absolute Gasteiger partial charge is 0.0731 e. The molecule has 0 amide bonds. The molecular weight excluding hydrogens is 138 g/mol. The number of nitrogens with zero attached hydrogens (tertiary/aromatic N) is 1. The quantitative estimate of drug-likeness (QED) is 0.553. The first-order chi connectivity index (χ1) is 5.09. The molecule has 0 radical (unpaired) electrons. The van der Waals surface area contributed by atoms with E-state index in [1.165, 1.54) is 0 Å². The van der Waals surface area contributed by atoms with Crippen molar-refractivity contribution < 1.29 is 5.11 Å². The van der Waals surface area contributed by atoms with Gasteiger partial charge in [-0.1, -0.05) is 5.92 Å². The molecule has 1 N–H and O–H groups in total. The number of aliphatic hydroxyl groups excluding tert-OH is 1. The Morgan fingerprint density at radius 2 is 2.36 bits per heavy atom. The normalized spacial score (nSPS) is 30.2. The molecule has 0 aromatic heterocycles. The molecule has 1 saturated heterocycles. The Hall–Kier alpha value is -0.520. The minimum Gasteiger partial charge on any atom is -0.391 e. The minimum atomic E-state index is -0.226. The van der Waals surface area contributed by atoms with Crippen LogP contribution in [0, 0.1) is 12.3 Å². The average Bonchev–Trinajstić information content (AvgIpc) is 2.16. The van der Waals surface area contributed by atoms with Gasteiger partial charge in [-0.3, -0.25) is 4.90 Å². The Labute approximate surface area is 68.2 Å². The molecule has 1 unspecified atom stereocenters. The number of hydrogen-bond acceptors (Lipinski definition) is 2. The molecule has 62 valence electrons. The monoisotopic (exact) mass is 153 g/mol. The molecule has 2 nitrogen and oxygen atoms in total. The summed E-state index contributed by atoms with van der Waals surface area (Å²) in [5.41, 5.74) is -0.133. The number of likely N-dealkylation sites (tertiary alicyclic amines) is 1. The van der Waals surface area contributed by atoms with Crippen LogP contribution >= 0.6 is 0 Å². The topological polar surface area (TPSA) is 23.5 Å². The molecule has 1 heterocycles. The van der Waals surface area contributed by atoms with Gasteiger partial charge in [0.25, 0.3) is 0 Å². The molecule has 0 aliphatic carbocycles. The average molecular weight is 153 g/mol. The summed E-state index contributed by atoms with van der Waals surface area (Å²) in [6, 6.07) is 0. The first-order valence-corrected chi connectivity index (χ1v) is 3.95. The second-order valence-electron chi connectivity index (χ2n) is 3.58. The van der Waals surface area contributed by atoms with Gasteiger partial charge in [0.15, 0.2) is 0 Å². The summed E-state index contributed by atoms with van der Waals surface area (Å²) in [7, 11) is 0. The van der Waals surface area contributed by atoms with Crippen molar-refractivity contribution >= 4 is 0 Å². The van der Waals surface area contributed by atoms with Crippen molar-refractivity contribution in [2.75, 3.05) is 13.1 Å². The van der Waals surface area contributed by atoms with Crippen LogP contribution in [0.15, 0.2) is 0 Å². The van der Waals surface area contributed by atoms with Crippen molar-refractivity contribution in [3.63, 3.8) is 0 Å². The highest BCUT2D eigenvalue weighted by molar-refractivity contribution is 5.00. The third kappa shape index (κ3) is 1.40. The maximum atomic E-state index is 9.54. The molecule has 0 saturated carbocycles. The zero-order valence-corrected chi connectivity index (χ0v) is 7.17. The molecule has 1 aliphatic rings. The number of rotatable bonds is 1. The van der Waals surface area contributed by atoms with Crippen molar-refractivity contribution in [3.05, 3.63) is 0 Å². The van der Waals surface area contributed by atoms with Gasteiger partial charge in [0.1, 0.15) is 0 Å². The summed E-state index contributed by atoms with van der Waals surface area (Å²) in [5.74, 6) is 2.60. The van der Waals surface area contributed by atoms with E-state index in [1.807, 2.05) is 13.8 Å². The summed E-state index contributed by atoms with van der Waals surface area (Å²) < 4.78 is 0. The summed E-state index contributed by atoms with van der Waals surface area (Å²) >= 11 is 0. The molecule has 0 spiro atoms. The van der Waals surface area contributed by atoms with Crippen molar-refractivity contribution in [3.8, 4) is 12.3 Å². The molecule has 1 fully saturated rings. The van der Waals surface area contributed by atoms with Gasteiger partial charge in [0.05, 0.1) is 12.6 Å². The molecular formula is C9H15NO. The van der Waals surface area contributed by atoms with E-state index in [0.29, 0.717) is 6.54 Å². The highest BCUT2D eigenvalue weighted by Gasteiger charge is 2.39. The zero-order chi connectivity index (χ0) is 8.48. The van der Waals surface area contributed by atoms with Crippen molar-refractivity contribution in [1.29, 1.82) is 0 Å². The molecule has 11 heavy (non-hydrogen) atoms. The Bertz CT molecular complexity index is 180. The lowest BCUT2D eigenvalue weighted by Crippen LogP contribution is -2.44. The van der Waals surface area contributed by atoms with E-state index in [9.17, 15) is 5.11 Å². The summed E-state index contributed by atoms with van der Waals surface area (Å²) in [6.07, 6.45) is 5.82. The predicted molar refractivity (Wildman–Crippen MR) is 45.1 cm³/mol. The summed E-state index contributed by atoms with van der Waals surface area (Å²) in [5, 5.41) is 9.54. The van der Waals surface area contributed by atoms with E-state index in [-0.39, 0.29) is 11.6 Å². The number of terminal acetylenes is 1. The van der Waals surface area contributed by atoms with Crippen molar-refractivity contribution in [2.24, 2.45) is 0 Å². The third-order valence-electron chi connectivity index (χ3n) is 2.59. The summed E-state index contributed by atoms with van der Waals surface area (Å²) in [4.78, 5) is 2.14. The van der Waals surface area contributed by atoms with Crippen molar-refractivity contribution in [2.45, 2.75) is 31.9 Å². The molecule has 1 aliphatic heterocycles. The van der Waals surface area contributed by atoms with E-state index >= 15 is 0 Å². The second kappa shape index (κ2) is 2.84. The van der Waals surface area contributed by atoms with Crippen LogP contribution < -0.4 is 0 Å². The lowest BCUT2D eigenvalue weighted by atomic mass is 9.99. The lowest BCUT2D eigenvalue weighted by molar-refractivity contribution is 0.0618. The van der Waals surface area contributed by atoms with E-state index in [0.717, 1.165) is 13.0 Å². The van der Waals surface area contributed by atoms with Crippen LogP contribution in [-0.4, -0.2) is 34.7 Å². The molecule has 1 atom stereocenters. The van der Waals surface area contributed by atoms with Crippen LogP contribution in [0.1, 0.15) is 20.3 Å². The molecule has 1 rings (SSSR count). The van der Waals surface area contributed by atoms with Gasteiger partial charge < -0.3 is 5.11 Å². The Morgan fingerprint density at radius 1 is 1.73 bits per heavy atom. The molecule has 2 heteroatoms. The highest BCUT2D eigenvalue weighted by Crippen LogP contribution is 2.27. The Morgan fingerprint density at radius 3 is 2.73 bits per heavy atom. The lowest BCUT2D eigenvalue weighted by Gasteiger charge is -2.32. The highest BCUT2D eigenvalue weighted by atomic mass is 16.3. The first kappa shape index (κ1) is 8.58. The fraction of sp³-hybridized carbons (Fsp3) is 0.778. The van der Waals surface area contributed by atoms with E-state index in [2.05, 4.69) is 10.8 Å². The van der Waals surface area contributed by atoms with Crippen LogP contribution in [-0.2, 0) is 0 Å². The maximum Gasteiger partial charge on any atom is 0.0731 e. The standard InChI is InChI=1S/C9H15NO/c1-4-6-10-7-5-8(11)9(10,2)3/h1,8,11H,5-7H2,2-3H3. The van der Waals surface area contributed by atoms with Crippen LogP contribution in [0.2, 0.25) is 0 Å². The van der Waals surface area contributed by atoms with Crippen molar-refractivity contribution in [1.82, 2.24) is 4.90 Å². The van der Waals surface area contributed by atoms with Gasteiger partial charge >= 0.3 is 0 Å². The number of aliphatic hydroxyl groups is 1. The van der Waals surface area contributed by atoms with Gasteiger partial charge in [0, 0.05) is 12.1 Å². The Balaban J connectivity index is 2.64. The van der Waals surface area contributed by atoms with Crippen LogP contribution in [0.4, 0.5) is 0 Å². The molecule has 0 aromatic carbocycles. The summed E-state index contributed by atoms with van der Waals surface area (Å²) in [6.45, 7) is 5.62. The zero-order valence-electron chi connectivity index (χ0n) is 7.17. The fourth-order valence-corrected chi connectivity index (χ4v) is 1.52. The Kier molecular flexibility index (Phi) is 2.22. The van der Waals surface area contributed by atoms with Gasteiger partial charge in [-0.15, -0.1) is 6.42 Å². The van der Waals surface area contributed by atoms with E-state index in [4.69, 9.17) is 6.42 Å².